The first-order valence-electron chi connectivity index (χ1n) is 10.1. The highest BCUT2D eigenvalue weighted by Crippen LogP contribution is 2.45. The summed E-state index contributed by atoms with van der Waals surface area (Å²) in [6.07, 6.45) is -3.54. The number of nitrogens with zero attached hydrogens (tertiary/aromatic N) is 5. The molecule has 0 spiro atoms. The van der Waals surface area contributed by atoms with Crippen molar-refractivity contribution in [1.29, 1.82) is 0 Å². The van der Waals surface area contributed by atoms with Crippen LogP contribution in [0.1, 0.15) is 34.7 Å². The average Bonchev–Trinajstić information content (AvgIpc) is 3.24. The van der Waals surface area contributed by atoms with E-state index in [-0.39, 0.29) is 11.5 Å². The zero-order valence-corrected chi connectivity index (χ0v) is 18.8. The molecule has 1 aliphatic heterocycles. The van der Waals surface area contributed by atoms with Crippen molar-refractivity contribution in [3.05, 3.63) is 45.0 Å². The quantitative estimate of drug-likeness (QED) is 0.402. The van der Waals surface area contributed by atoms with Crippen molar-refractivity contribution in [3.63, 3.8) is 0 Å². The molecule has 2 aromatic carbocycles. The molecule has 0 unspecified atom stereocenters. The molecule has 9 heteroatoms. The second-order valence-electron chi connectivity index (χ2n) is 7.92. The molecule has 3 aromatic rings. The van der Waals surface area contributed by atoms with Crippen LogP contribution in [0.4, 0.5) is 30.5 Å². The van der Waals surface area contributed by atoms with Crippen molar-refractivity contribution in [1.82, 2.24) is 9.55 Å². The molecule has 1 aliphatic rings. The minimum absolute atomic E-state index is 0.130. The number of likely N-dealkylation sites (N-methyl/N-ethyl adjacent to an activating group) is 1. The van der Waals surface area contributed by atoms with E-state index in [2.05, 4.69) is 20.1 Å². The maximum atomic E-state index is 13.4. The number of hydrogen-bond acceptors (Lipinski definition) is 4. The summed E-state index contributed by atoms with van der Waals surface area (Å²) in [7, 11) is 2.01. The summed E-state index contributed by atoms with van der Waals surface area (Å²) in [6, 6.07) is 2.58. The summed E-state index contributed by atoms with van der Waals surface area (Å²) < 4.78 is 41.7. The molecule has 0 amide bonds. The Bertz CT molecular complexity index is 1230. The Labute approximate surface area is 183 Å². The van der Waals surface area contributed by atoms with Gasteiger partial charge in [0, 0.05) is 20.1 Å². The van der Waals surface area contributed by atoms with Gasteiger partial charge in [-0.15, -0.1) is 10.2 Å². The summed E-state index contributed by atoms with van der Waals surface area (Å²) in [5, 5.41) is 9.45. The Morgan fingerprint density at radius 1 is 1.13 bits per heavy atom. The number of halogens is 4. The fourth-order valence-electron chi connectivity index (χ4n) is 4.31. The standard InChI is InChI=1S/C22H23ClF3N5/c1-6-31-17-10-15(22(24,25)26)11(2)9-16(17)27-21(31)29-28-19-12(3)14-7-8-30(5)20(14)18(23)13(19)4/h9-10H,6-8H2,1-5H3. The van der Waals surface area contributed by atoms with Gasteiger partial charge in [-0.3, -0.25) is 0 Å². The van der Waals surface area contributed by atoms with Gasteiger partial charge < -0.3 is 9.47 Å². The molecular formula is C22H23ClF3N5. The molecule has 31 heavy (non-hydrogen) atoms. The first kappa shape index (κ1) is 21.6. The minimum atomic E-state index is -4.43. The van der Waals surface area contributed by atoms with E-state index in [1.54, 1.807) is 4.57 Å². The first-order valence-corrected chi connectivity index (χ1v) is 10.4. The number of fused-ring (bicyclic) bond motifs is 2. The number of rotatable bonds is 3. The summed E-state index contributed by atoms with van der Waals surface area (Å²) in [5.74, 6) is 0.267. The Kier molecular flexibility index (Phi) is 5.24. The zero-order valence-electron chi connectivity index (χ0n) is 18.0. The van der Waals surface area contributed by atoms with Gasteiger partial charge in [0.1, 0.15) is 0 Å². The van der Waals surface area contributed by atoms with Gasteiger partial charge in [0.2, 0.25) is 5.95 Å². The molecule has 0 aliphatic carbocycles. The Hall–Kier alpha value is -2.61. The number of imidazole rings is 1. The fourth-order valence-corrected chi connectivity index (χ4v) is 4.66. The third-order valence-corrected chi connectivity index (χ3v) is 6.46. The first-order chi connectivity index (χ1) is 14.5. The van der Waals surface area contributed by atoms with E-state index in [0.717, 1.165) is 41.4 Å². The predicted octanol–water partition coefficient (Wildman–Crippen LogP) is 7.06. The molecule has 4 rings (SSSR count). The van der Waals surface area contributed by atoms with E-state index in [0.29, 0.717) is 28.3 Å². The van der Waals surface area contributed by atoms with E-state index in [1.807, 2.05) is 27.8 Å². The van der Waals surface area contributed by atoms with Gasteiger partial charge in [0.05, 0.1) is 33.0 Å². The maximum absolute atomic E-state index is 13.4. The molecule has 0 bridgehead atoms. The molecule has 2 heterocycles. The maximum Gasteiger partial charge on any atom is 0.416 e. The number of alkyl halides is 3. The van der Waals surface area contributed by atoms with Crippen LogP contribution in [0.15, 0.2) is 22.4 Å². The Morgan fingerprint density at radius 3 is 2.48 bits per heavy atom. The van der Waals surface area contributed by atoms with Crippen LogP contribution in [-0.2, 0) is 19.1 Å². The van der Waals surface area contributed by atoms with Crippen molar-refractivity contribution in [2.45, 2.75) is 46.8 Å². The van der Waals surface area contributed by atoms with Gasteiger partial charge in [0.15, 0.2) is 0 Å². The molecule has 0 atom stereocenters. The zero-order chi connectivity index (χ0) is 22.7. The van der Waals surface area contributed by atoms with E-state index in [1.165, 1.54) is 13.0 Å². The summed E-state index contributed by atoms with van der Waals surface area (Å²) >= 11 is 6.62. The van der Waals surface area contributed by atoms with Gasteiger partial charge in [-0.1, -0.05) is 11.6 Å². The summed E-state index contributed by atoms with van der Waals surface area (Å²) in [5.41, 5.74) is 5.02. The largest absolute Gasteiger partial charge is 0.416 e. The Balaban J connectivity index is 1.84. The van der Waals surface area contributed by atoms with E-state index >= 15 is 0 Å². The normalized spacial score (nSPS) is 14.3. The number of anilines is 1. The third-order valence-electron chi connectivity index (χ3n) is 6.00. The van der Waals surface area contributed by atoms with Crippen molar-refractivity contribution < 1.29 is 13.2 Å². The summed E-state index contributed by atoms with van der Waals surface area (Å²) in [6.45, 7) is 8.48. The molecular weight excluding hydrogens is 427 g/mol. The topological polar surface area (TPSA) is 45.8 Å². The number of azo groups is 1. The van der Waals surface area contributed by atoms with Crippen LogP contribution in [-0.4, -0.2) is 23.1 Å². The van der Waals surface area contributed by atoms with Gasteiger partial charge in [0.25, 0.3) is 0 Å². The fraction of sp³-hybridized carbons (Fsp3) is 0.409. The van der Waals surface area contributed by atoms with Crippen LogP contribution < -0.4 is 4.90 Å². The number of hydrogen-bond donors (Lipinski definition) is 0. The van der Waals surface area contributed by atoms with E-state index in [9.17, 15) is 13.2 Å². The molecule has 0 radical (unpaired) electrons. The second kappa shape index (κ2) is 7.51. The molecule has 164 valence electrons. The number of benzene rings is 2. The molecule has 5 nitrogen and oxygen atoms in total. The third kappa shape index (κ3) is 3.46. The van der Waals surface area contributed by atoms with Gasteiger partial charge >= 0.3 is 6.18 Å². The van der Waals surface area contributed by atoms with Gasteiger partial charge in [-0.2, -0.15) is 13.2 Å². The average molecular weight is 450 g/mol. The molecule has 0 saturated heterocycles. The van der Waals surface area contributed by atoms with Crippen molar-refractivity contribution in [2.24, 2.45) is 10.2 Å². The van der Waals surface area contributed by atoms with E-state index < -0.39 is 11.7 Å². The monoisotopic (exact) mass is 449 g/mol. The lowest BCUT2D eigenvalue weighted by Gasteiger charge is -2.18. The summed E-state index contributed by atoms with van der Waals surface area (Å²) in [4.78, 5) is 6.58. The lowest BCUT2D eigenvalue weighted by molar-refractivity contribution is -0.137. The Morgan fingerprint density at radius 2 is 1.84 bits per heavy atom. The second-order valence-corrected chi connectivity index (χ2v) is 8.30. The highest BCUT2D eigenvalue weighted by Gasteiger charge is 2.33. The number of aromatic nitrogens is 2. The van der Waals surface area contributed by atoms with Crippen molar-refractivity contribution in [3.8, 4) is 0 Å². The van der Waals surface area contributed by atoms with Crippen molar-refractivity contribution in [2.75, 3.05) is 18.5 Å². The van der Waals surface area contributed by atoms with Gasteiger partial charge in [-0.05, 0) is 68.5 Å². The van der Waals surface area contributed by atoms with Crippen molar-refractivity contribution >= 4 is 40.0 Å². The van der Waals surface area contributed by atoms with Crippen LogP contribution in [0.25, 0.3) is 11.0 Å². The minimum Gasteiger partial charge on any atom is -0.373 e. The lowest BCUT2D eigenvalue weighted by atomic mass is 10.0. The highest BCUT2D eigenvalue weighted by molar-refractivity contribution is 6.34. The molecule has 0 N–H and O–H groups in total. The van der Waals surface area contributed by atoms with Crippen LogP contribution >= 0.6 is 11.6 Å². The van der Waals surface area contributed by atoms with Crippen LogP contribution in [0.2, 0.25) is 5.02 Å². The lowest BCUT2D eigenvalue weighted by Crippen LogP contribution is -2.13. The predicted molar refractivity (Wildman–Crippen MR) is 117 cm³/mol. The van der Waals surface area contributed by atoms with Crippen LogP contribution in [0, 0.1) is 20.8 Å². The highest BCUT2D eigenvalue weighted by atomic mass is 35.5. The SMILES string of the molecule is CCn1c(N=Nc2c(C)c(Cl)c3c(c2C)CCN3C)nc2cc(C)c(C(F)(F)F)cc21. The van der Waals surface area contributed by atoms with Crippen LogP contribution in [0.5, 0.6) is 0 Å². The van der Waals surface area contributed by atoms with Crippen LogP contribution in [0.3, 0.4) is 0 Å². The molecule has 1 aromatic heterocycles. The van der Waals surface area contributed by atoms with Gasteiger partial charge in [-0.25, -0.2) is 4.98 Å². The molecule has 0 fully saturated rings. The molecule has 0 saturated carbocycles. The van der Waals surface area contributed by atoms with E-state index in [4.69, 9.17) is 11.6 Å². The smallest absolute Gasteiger partial charge is 0.373 e. The number of aryl methyl sites for hydroxylation is 2.